The lowest BCUT2D eigenvalue weighted by atomic mass is 10.1. The first-order chi connectivity index (χ1) is 12.1. The number of carbonyl (C=O) groups is 1. The number of aryl methyl sites for hydroxylation is 1. The number of benzene rings is 2. The van der Waals surface area contributed by atoms with E-state index in [1.54, 1.807) is 0 Å². The van der Waals surface area contributed by atoms with Crippen LogP contribution in [0.15, 0.2) is 40.9 Å². The first-order valence-electron chi connectivity index (χ1n) is 8.56. The number of anilines is 1. The van der Waals surface area contributed by atoms with Crippen LogP contribution in [0.1, 0.15) is 31.4 Å². The molecule has 1 aliphatic rings. The zero-order chi connectivity index (χ0) is 17.8. The Bertz CT molecular complexity index is 776. The van der Waals surface area contributed by atoms with Crippen molar-refractivity contribution in [3.63, 3.8) is 0 Å². The molecule has 1 amide bonds. The zero-order valence-corrected chi connectivity index (χ0v) is 16.1. The van der Waals surface area contributed by atoms with E-state index in [0.29, 0.717) is 30.9 Å². The Labute approximate surface area is 156 Å². The molecule has 1 aliphatic heterocycles. The summed E-state index contributed by atoms with van der Waals surface area (Å²) >= 11 is 3.52. The summed E-state index contributed by atoms with van der Waals surface area (Å²) in [5.74, 6) is 1.49. The smallest absolute Gasteiger partial charge is 0.224 e. The summed E-state index contributed by atoms with van der Waals surface area (Å²) in [7, 11) is 0. The maximum atomic E-state index is 12.4. The van der Waals surface area contributed by atoms with Crippen LogP contribution in [0.2, 0.25) is 0 Å². The van der Waals surface area contributed by atoms with Crippen LogP contribution < -0.4 is 14.8 Å². The van der Waals surface area contributed by atoms with Crippen LogP contribution >= 0.6 is 15.9 Å². The molecular weight excluding hydrogens is 382 g/mol. The molecule has 0 aromatic heterocycles. The lowest BCUT2D eigenvalue weighted by Gasteiger charge is -2.14. The standard InChI is InChI=1S/C20H22BrNO3/c1-3-24-19-11-15-10-13(2)25-18(15)12-17(19)22-20(23)9-8-14-6-4-5-7-16(14)21/h4-7,11-13H,3,8-10H2,1-2H3,(H,22,23). The molecule has 5 heteroatoms. The molecule has 1 atom stereocenters. The average Bonchev–Trinajstić information content (AvgIpc) is 2.93. The minimum atomic E-state index is -0.0392. The third kappa shape index (κ3) is 4.34. The van der Waals surface area contributed by atoms with Crippen molar-refractivity contribution in [3.8, 4) is 11.5 Å². The van der Waals surface area contributed by atoms with E-state index in [9.17, 15) is 4.79 Å². The maximum absolute atomic E-state index is 12.4. The van der Waals surface area contributed by atoms with Crippen molar-refractivity contribution < 1.29 is 14.3 Å². The molecule has 132 valence electrons. The Hall–Kier alpha value is -2.01. The van der Waals surface area contributed by atoms with E-state index in [1.807, 2.05) is 50.2 Å². The topological polar surface area (TPSA) is 47.6 Å². The molecule has 2 aromatic rings. The number of hydrogen-bond acceptors (Lipinski definition) is 3. The fourth-order valence-electron chi connectivity index (χ4n) is 2.97. The second kappa shape index (κ2) is 7.91. The molecule has 1 heterocycles. The lowest BCUT2D eigenvalue weighted by Crippen LogP contribution is -2.13. The fourth-order valence-corrected chi connectivity index (χ4v) is 3.46. The number of nitrogens with one attached hydrogen (secondary N) is 1. The normalized spacial score (nSPS) is 15.4. The van der Waals surface area contributed by atoms with Crippen molar-refractivity contribution in [2.24, 2.45) is 0 Å². The van der Waals surface area contributed by atoms with E-state index in [2.05, 4.69) is 21.2 Å². The van der Waals surface area contributed by atoms with Gasteiger partial charge in [-0.05, 0) is 38.0 Å². The quantitative estimate of drug-likeness (QED) is 0.757. The van der Waals surface area contributed by atoms with Gasteiger partial charge in [0.1, 0.15) is 17.6 Å². The van der Waals surface area contributed by atoms with Crippen molar-refractivity contribution in [1.82, 2.24) is 0 Å². The first kappa shape index (κ1) is 17.8. The molecule has 0 saturated heterocycles. The van der Waals surface area contributed by atoms with Crippen molar-refractivity contribution in [2.45, 2.75) is 39.2 Å². The highest BCUT2D eigenvalue weighted by atomic mass is 79.9. The van der Waals surface area contributed by atoms with Gasteiger partial charge in [0.2, 0.25) is 5.91 Å². The van der Waals surface area contributed by atoms with E-state index in [-0.39, 0.29) is 12.0 Å². The number of amides is 1. The third-order valence-electron chi connectivity index (χ3n) is 4.15. The van der Waals surface area contributed by atoms with Crippen molar-refractivity contribution >= 4 is 27.5 Å². The minimum Gasteiger partial charge on any atom is -0.492 e. The number of ether oxygens (including phenoxy) is 2. The number of carbonyl (C=O) groups excluding carboxylic acids is 1. The molecule has 0 spiro atoms. The summed E-state index contributed by atoms with van der Waals surface area (Å²) in [6.45, 7) is 4.52. The van der Waals surface area contributed by atoms with Crippen LogP contribution in [0, 0.1) is 0 Å². The summed E-state index contributed by atoms with van der Waals surface area (Å²) in [6.07, 6.45) is 2.11. The number of hydrogen-bond donors (Lipinski definition) is 1. The summed E-state index contributed by atoms with van der Waals surface area (Å²) in [6, 6.07) is 11.8. The van der Waals surface area contributed by atoms with E-state index >= 15 is 0 Å². The molecule has 0 saturated carbocycles. The molecule has 1 unspecified atom stereocenters. The van der Waals surface area contributed by atoms with E-state index in [1.165, 1.54) is 0 Å². The molecule has 2 aromatic carbocycles. The van der Waals surface area contributed by atoms with Gasteiger partial charge < -0.3 is 14.8 Å². The monoisotopic (exact) mass is 403 g/mol. The minimum absolute atomic E-state index is 0.0392. The van der Waals surface area contributed by atoms with E-state index in [4.69, 9.17) is 9.47 Å². The molecule has 0 fully saturated rings. The summed E-state index contributed by atoms with van der Waals surface area (Å²) < 4.78 is 12.5. The highest BCUT2D eigenvalue weighted by molar-refractivity contribution is 9.10. The van der Waals surface area contributed by atoms with Crippen LogP contribution in [-0.2, 0) is 17.6 Å². The Balaban J connectivity index is 1.70. The van der Waals surface area contributed by atoms with Crippen molar-refractivity contribution in [3.05, 3.63) is 52.0 Å². The van der Waals surface area contributed by atoms with Crippen LogP contribution in [0.4, 0.5) is 5.69 Å². The second-order valence-corrected chi connectivity index (χ2v) is 7.02. The van der Waals surface area contributed by atoms with E-state index in [0.717, 1.165) is 27.8 Å². The Morgan fingerprint density at radius 2 is 2.16 bits per heavy atom. The molecule has 4 nitrogen and oxygen atoms in total. The van der Waals surface area contributed by atoms with Gasteiger partial charge in [-0.2, -0.15) is 0 Å². The summed E-state index contributed by atoms with van der Waals surface area (Å²) in [5.41, 5.74) is 2.92. The van der Waals surface area contributed by atoms with E-state index < -0.39 is 0 Å². The highest BCUT2D eigenvalue weighted by Crippen LogP contribution is 2.38. The molecule has 1 N–H and O–H groups in total. The maximum Gasteiger partial charge on any atom is 0.224 e. The van der Waals surface area contributed by atoms with Gasteiger partial charge in [0.05, 0.1) is 12.3 Å². The summed E-state index contributed by atoms with van der Waals surface area (Å²) in [5, 5.41) is 2.97. The van der Waals surface area contributed by atoms with Crippen LogP contribution in [-0.4, -0.2) is 18.6 Å². The number of halogens is 1. The zero-order valence-electron chi connectivity index (χ0n) is 14.5. The lowest BCUT2D eigenvalue weighted by molar-refractivity contribution is -0.116. The van der Waals surface area contributed by atoms with Gasteiger partial charge in [-0.15, -0.1) is 0 Å². The van der Waals surface area contributed by atoms with Crippen molar-refractivity contribution in [2.75, 3.05) is 11.9 Å². The molecule has 25 heavy (non-hydrogen) atoms. The predicted molar refractivity (Wildman–Crippen MR) is 102 cm³/mol. The highest BCUT2D eigenvalue weighted by Gasteiger charge is 2.22. The van der Waals surface area contributed by atoms with Gasteiger partial charge in [0, 0.05) is 28.9 Å². The van der Waals surface area contributed by atoms with Crippen LogP contribution in [0.25, 0.3) is 0 Å². The average molecular weight is 404 g/mol. The Kier molecular flexibility index (Phi) is 5.63. The van der Waals surface area contributed by atoms with Gasteiger partial charge in [0.15, 0.2) is 0 Å². The van der Waals surface area contributed by atoms with Crippen LogP contribution in [0.5, 0.6) is 11.5 Å². The molecule has 0 radical (unpaired) electrons. The van der Waals surface area contributed by atoms with Gasteiger partial charge in [0.25, 0.3) is 0 Å². The predicted octanol–water partition coefficient (Wildman–Crippen LogP) is 4.74. The molecule has 0 aliphatic carbocycles. The number of fused-ring (bicyclic) bond motifs is 1. The third-order valence-corrected chi connectivity index (χ3v) is 4.93. The van der Waals surface area contributed by atoms with Gasteiger partial charge in [-0.3, -0.25) is 4.79 Å². The summed E-state index contributed by atoms with van der Waals surface area (Å²) in [4.78, 5) is 12.4. The Morgan fingerprint density at radius 1 is 1.36 bits per heavy atom. The Morgan fingerprint density at radius 3 is 2.92 bits per heavy atom. The second-order valence-electron chi connectivity index (χ2n) is 6.16. The fraction of sp³-hybridized carbons (Fsp3) is 0.350. The van der Waals surface area contributed by atoms with Gasteiger partial charge in [-0.25, -0.2) is 0 Å². The van der Waals surface area contributed by atoms with Gasteiger partial charge in [-0.1, -0.05) is 34.1 Å². The largest absolute Gasteiger partial charge is 0.492 e. The molecule has 0 bridgehead atoms. The molecule has 3 rings (SSSR count). The van der Waals surface area contributed by atoms with Crippen LogP contribution in [0.3, 0.4) is 0 Å². The number of rotatable bonds is 6. The van der Waals surface area contributed by atoms with Crippen molar-refractivity contribution in [1.29, 1.82) is 0 Å². The molecular formula is C20H22BrNO3. The van der Waals surface area contributed by atoms with Gasteiger partial charge >= 0.3 is 0 Å². The first-order valence-corrected chi connectivity index (χ1v) is 9.35. The SMILES string of the molecule is CCOc1cc2c(cc1NC(=O)CCc1ccccc1Br)OC(C)C2.